The Morgan fingerprint density at radius 1 is 1.42 bits per heavy atom. The van der Waals surface area contributed by atoms with E-state index in [0.29, 0.717) is 5.56 Å². The Morgan fingerprint density at radius 3 is 2.68 bits per heavy atom. The molecule has 1 saturated heterocycles. The fraction of sp³-hybridized carbons (Fsp3) is 0.417. The summed E-state index contributed by atoms with van der Waals surface area (Å²) in [7, 11) is 0. The summed E-state index contributed by atoms with van der Waals surface area (Å²) in [6.45, 7) is 0. The van der Waals surface area contributed by atoms with Crippen molar-refractivity contribution in [1.29, 1.82) is 0 Å². The lowest BCUT2D eigenvalue weighted by Gasteiger charge is -2.22. The number of thioether (sulfide) groups is 1. The third-order valence-corrected chi connectivity index (χ3v) is 4.09. The maximum Gasteiger partial charge on any atom is 0.292 e. The second-order valence-electron chi connectivity index (χ2n) is 4.39. The lowest BCUT2D eigenvalue weighted by molar-refractivity contribution is -0.383. The second-order valence-corrected chi connectivity index (χ2v) is 5.62. The Bertz CT molecular complexity index is 501. The smallest absolute Gasteiger partial charge is 0.292 e. The number of nitrogens with zero attached hydrogens (tertiary/aromatic N) is 1. The van der Waals surface area contributed by atoms with Gasteiger partial charge in [-0.05, 0) is 36.5 Å². The summed E-state index contributed by atoms with van der Waals surface area (Å²) in [6, 6.07) is 4.23. The van der Waals surface area contributed by atoms with Gasteiger partial charge < -0.3 is 11.1 Å². The highest BCUT2D eigenvalue weighted by Gasteiger charge is 2.19. The van der Waals surface area contributed by atoms with Gasteiger partial charge >= 0.3 is 0 Å². The van der Waals surface area contributed by atoms with Crippen LogP contribution in [0.25, 0.3) is 0 Å². The van der Waals surface area contributed by atoms with Gasteiger partial charge in [-0.3, -0.25) is 14.9 Å². The Hall–Kier alpha value is -1.76. The summed E-state index contributed by atoms with van der Waals surface area (Å²) in [5.41, 5.74) is 5.77. The van der Waals surface area contributed by atoms with Crippen LogP contribution in [0.2, 0.25) is 0 Å². The van der Waals surface area contributed by atoms with Crippen LogP contribution < -0.4 is 11.1 Å². The lowest BCUT2D eigenvalue weighted by Crippen LogP contribution is -2.37. The van der Waals surface area contributed by atoms with E-state index in [9.17, 15) is 14.9 Å². The molecule has 7 heteroatoms. The number of nitrogens with two attached hydrogens (primary N) is 1. The molecule has 1 amide bonds. The summed E-state index contributed by atoms with van der Waals surface area (Å²) >= 11 is 1.88. The van der Waals surface area contributed by atoms with Crippen molar-refractivity contribution < 1.29 is 9.72 Å². The van der Waals surface area contributed by atoms with E-state index >= 15 is 0 Å². The van der Waals surface area contributed by atoms with E-state index in [4.69, 9.17) is 5.73 Å². The third-order valence-electron chi connectivity index (χ3n) is 3.04. The first-order valence-corrected chi connectivity index (χ1v) is 7.16. The van der Waals surface area contributed by atoms with Gasteiger partial charge in [-0.2, -0.15) is 11.8 Å². The van der Waals surface area contributed by atoms with Gasteiger partial charge in [0.15, 0.2) is 0 Å². The van der Waals surface area contributed by atoms with Gasteiger partial charge in [0.2, 0.25) is 0 Å². The monoisotopic (exact) mass is 281 g/mol. The second kappa shape index (κ2) is 5.92. The molecule has 0 atom stereocenters. The van der Waals surface area contributed by atoms with Crippen molar-refractivity contribution in [2.75, 3.05) is 17.2 Å². The standard InChI is InChI=1S/C12H15N3O3S/c13-10-7-8(1-2-11(10)15(17)18)12(16)14-9-3-5-19-6-4-9/h1-2,7,9H,3-6,13H2,(H,14,16). The number of carbonyl (C=O) groups excluding carboxylic acids is 1. The number of nitrogens with one attached hydrogen (secondary N) is 1. The molecule has 0 bridgehead atoms. The van der Waals surface area contributed by atoms with E-state index in [2.05, 4.69) is 5.32 Å². The first-order valence-electron chi connectivity index (χ1n) is 6.00. The number of anilines is 1. The van der Waals surface area contributed by atoms with E-state index in [1.165, 1.54) is 18.2 Å². The molecule has 3 N–H and O–H groups in total. The molecule has 1 heterocycles. The minimum Gasteiger partial charge on any atom is -0.393 e. The van der Waals surface area contributed by atoms with E-state index in [1.807, 2.05) is 11.8 Å². The number of benzene rings is 1. The van der Waals surface area contributed by atoms with Crippen molar-refractivity contribution in [3.05, 3.63) is 33.9 Å². The highest BCUT2D eigenvalue weighted by Crippen LogP contribution is 2.22. The molecule has 1 aromatic carbocycles. The van der Waals surface area contributed by atoms with Crippen LogP contribution >= 0.6 is 11.8 Å². The first-order chi connectivity index (χ1) is 9.08. The highest BCUT2D eigenvalue weighted by molar-refractivity contribution is 7.99. The van der Waals surface area contributed by atoms with Gasteiger partial charge in [-0.1, -0.05) is 0 Å². The molecule has 0 aromatic heterocycles. The number of hydrogen-bond donors (Lipinski definition) is 2. The van der Waals surface area contributed by atoms with Gasteiger partial charge in [0, 0.05) is 17.7 Å². The summed E-state index contributed by atoms with van der Waals surface area (Å²) in [5.74, 6) is 1.87. The molecular weight excluding hydrogens is 266 g/mol. The predicted octanol–water partition coefficient (Wildman–Crippen LogP) is 1.80. The summed E-state index contributed by atoms with van der Waals surface area (Å²) < 4.78 is 0. The van der Waals surface area contributed by atoms with Gasteiger partial charge in [0.05, 0.1) is 4.92 Å². The Morgan fingerprint density at radius 2 is 2.11 bits per heavy atom. The molecule has 6 nitrogen and oxygen atoms in total. The zero-order valence-corrected chi connectivity index (χ0v) is 11.1. The molecular formula is C12H15N3O3S. The number of nitro groups is 1. The first kappa shape index (κ1) is 13.7. The van der Waals surface area contributed by atoms with Gasteiger partial charge in [-0.25, -0.2) is 0 Å². The van der Waals surface area contributed by atoms with Crippen molar-refractivity contribution in [3.8, 4) is 0 Å². The number of rotatable bonds is 3. The summed E-state index contributed by atoms with van der Waals surface area (Å²) in [6.07, 6.45) is 1.91. The summed E-state index contributed by atoms with van der Waals surface area (Å²) in [5, 5.41) is 13.6. The summed E-state index contributed by atoms with van der Waals surface area (Å²) in [4.78, 5) is 22.1. The van der Waals surface area contributed by atoms with Gasteiger partial charge in [0.1, 0.15) is 5.69 Å². The SMILES string of the molecule is Nc1cc(C(=O)NC2CCSCC2)ccc1[N+](=O)[O-]. The zero-order chi connectivity index (χ0) is 13.8. The number of hydrogen-bond acceptors (Lipinski definition) is 5. The molecule has 1 aliphatic heterocycles. The molecule has 2 rings (SSSR count). The number of nitro benzene ring substituents is 1. The maximum atomic E-state index is 12.0. The molecule has 0 unspecified atom stereocenters. The van der Waals surface area contributed by atoms with E-state index in [-0.39, 0.29) is 23.3 Å². The normalized spacial score (nSPS) is 16.0. The maximum absolute atomic E-state index is 12.0. The van der Waals surface area contributed by atoms with Gasteiger partial charge in [0.25, 0.3) is 11.6 Å². The molecule has 0 aliphatic carbocycles. The van der Waals surface area contributed by atoms with E-state index < -0.39 is 4.92 Å². The molecule has 1 aliphatic rings. The van der Waals surface area contributed by atoms with Crippen LogP contribution in [0, 0.1) is 10.1 Å². The van der Waals surface area contributed by atoms with Crippen LogP contribution in [0.5, 0.6) is 0 Å². The van der Waals surface area contributed by atoms with Crippen molar-refractivity contribution in [2.24, 2.45) is 0 Å². The van der Waals surface area contributed by atoms with Crippen LogP contribution in [-0.4, -0.2) is 28.4 Å². The van der Waals surface area contributed by atoms with Crippen molar-refractivity contribution in [2.45, 2.75) is 18.9 Å². The lowest BCUT2D eigenvalue weighted by atomic mass is 10.1. The highest BCUT2D eigenvalue weighted by atomic mass is 32.2. The Balaban J connectivity index is 2.06. The quantitative estimate of drug-likeness (QED) is 0.500. The largest absolute Gasteiger partial charge is 0.393 e. The molecule has 0 spiro atoms. The molecule has 1 fully saturated rings. The molecule has 1 aromatic rings. The molecule has 102 valence electrons. The van der Waals surface area contributed by atoms with Gasteiger partial charge in [-0.15, -0.1) is 0 Å². The number of carbonyl (C=O) groups is 1. The predicted molar refractivity (Wildman–Crippen MR) is 75.3 cm³/mol. The van der Waals surface area contributed by atoms with Crippen molar-refractivity contribution in [1.82, 2.24) is 5.32 Å². The molecule has 19 heavy (non-hydrogen) atoms. The van der Waals surface area contributed by atoms with Crippen molar-refractivity contribution in [3.63, 3.8) is 0 Å². The molecule has 0 radical (unpaired) electrons. The Labute approximate surface area is 114 Å². The van der Waals surface area contributed by atoms with Crippen LogP contribution in [-0.2, 0) is 0 Å². The fourth-order valence-electron chi connectivity index (χ4n) is 1.97. The topological polar surface area (TPSA) is 98.3 Å². The van der Waals surface area contributed by atoms with Crippen LogP contribution in [0.15, 0.2) is 18.2 Å². The molecule has 0 saturated carbocycles. The van der Waals surface area contributed by atoms with Crippen LogP contribution in [0.4, 0.5) is 11.4 Å². The average Bonchev–Trinajstić information content (AvgIpc) is 2.39. The number of amides is 1. The minimum absolute atomic E-state index is 0.0110. The third kappa shape index (κ3) is 3.37. The van der Waals surface area contributed by atoms with Crippen LogP contribution in [0.3, 0.4) is 0 Å². The van der Waals surface area contributed by atoms with Crippen molar-refractivity contribution >= 4 is 29.0 Å². The van der Waals surface area contributed by atoms with E-state index in [1.54, 1.807) is 0 Å². The fourth-order valence-corrected chi connectivity index (χ4v) is 3.08. The van der Waals surface area contributed by atoms with Crippen LogP contribution in [0.1, 0.15) is 23.2 Å². The number of nitrogen functional groups attached to an aromatic ring is 1. The average molecular weight is 281 g/mol. The van der Waals surface area contributed by atoms with E-state index in [0.717, 1.165) is 24.3 Å². The minimum atomic E-state index is -0.560. The Kier molecular flexibility index (Phi) is 4.26. The zero-order valence-electron chi connectivity index (χ0n) is 10.3.